The highest BCUT2D eigenvalue weighted by Crippen LogP contribution is 2.29. The van der Waals surface area contributed by atoms with Gasteiger partial charge in [-0.05, 0) is 30.9 Å². The molecule has 1 amide bonds. The van der Waals surface area contributed by atoms with Gasteiger partial charge in [-0.15, -0.1) is 0 Å². The highest BCUT2D eigenvalue weighted by atomic mass is 19.1. The third kappa shape index (κ3) is 3.22. The molecule has 3 nitrogen and oxygen atoms in total. The molecular weight excluding hydrogens is 250 g/mol. The molecule has 1 saturated carbocycles. The zero-order valence-corrected chi connectivity index (χ0v) is 11.1. The summed E-state index contributed by atoms with van der Waals surface area (Å²) in [6.45, 7) is 4.41. The summed E-state index contributed by atoms with van der Waals surface area (Å²) in [5.74, 6) is -1.44. The first kappa shape index (κ1) is 13.8. The van der Waals surface area contributed by atoms with E-state index in [4.69, 9.17) is 0 Å². The van der Waals surface area contributed by atoms with Crippen LogP contribution < -0.4 is 10.6 Å². The van der Waals surface area contributed by atoms with Crippen molar-refractivity contribution in [1.29, 1.82) is 0 Å². The average Bonchev–Trinajstić information content (AvgIpc) is 3.03. The van der Waals surface area contributed by atoms with Gasteiger partial charge in [-0.25, -0.2) is 8.78 Å². The quantitative estimate of drug-likeness (QED) is 0.862. The Balaban J connectivity index is 2.12. The Kier molecular flexibility index (Phi) is 4.02. The second kappa shape index (κ2) is 5.55. The fourth-order valence-corrected chi connectivity index (χ4v) is 1.90. The van der Waals surface area contributed by atoms with Gasteiger partial charge in [0.25, 0.3) is 5.91 Å². The molecule has 0 radical (unpaired) electrons. The fourth-order valence-electron chi connectivity index (χ4n) is 1.90. The van der Waals surface area contributed by atoms with Gasteiger partial charge in [0.1, 0.15) is 17.3 Å². The lowest BCUT2D eigenvalue weighted by molar-refractivity contribution is 0.0948. The molecule has 2 unspecified atom stereocenters. The zero-order chi connectivity index (χ0) is 14.0. The first-order valence-corrected chi connectivity index (χ1v) is 6.56. The average molecular weight is 268 g/mol. The van der Waals surface area contributed by atoms with Crippen molar-refractivity contribution in [3.8, 4) is 0 Å². The minimum Gasteiger partial charge on any atom is -0.380 e. The molecule has 1 aromatic rings. The van der Waals surface area contributed by atoms with E-state index >= 15 is 0 Å². The third-order valence-electron chi connectivity index (χ3n) is 3.28. The van der Waals surface area contributed by atoms with Gasteiger partial charge >= 0.3 is 0 Å². The van der Waals surface area contributed by atoms with Gasteiger partial charge in [0.15, 0.2) is 0 Å². The van der Waals surface area contributed by atoms with E-state index in [1.165, 1.54) is 0 Å². The van der Waals surface area contributed by atoms with Crippen LogP contribution in [0.2, 0.25) is 0 Å². The maximum atomic E-state index is 13.7. The summed E-state index contributed by atoms with van der Waals surface area (Å²) >= 11 is 0. The predicted octanol–water partition coefficient (Wildman–Crippen LogP) is 2.92. The van der Waals surface area contributed by atoms with Crippen molar-refractivity contribution in [3.63, 3.8) is 0 Å². The monoisotopic (exact) mass is 268 g/mol. The molecule has 1 aromatic carbocycles. The van der Waals surface area contributed by atoms with Crippen LogP contribution in [-0.2, 0) is 0 Å². The van der Waals surface area contributed by atoms with Crippen LogP contribution in [0, 0.1) is 17.6 Å². The maximum absolute atomic E-state index is 13.7. The number of amides is 1. The highest BCUT2D eigenvalue weighted by molar-refractivity contribution is 5.95. The number of nitrogens with one attached hydrogen (secondary N) is 2. The number of hydrogen-bond acceptors (Lipinski definition) is 2. The van der Waals surface area contributed by atoms with E-state index in [1.54, 1.807) is 0 Å². The van der Waals surface area contributed by atoms with Crippen molar-refractivity contribution >= 4 is 11.6 Å². The molecule has 0 spiro atoms. The van der Waals surface area contributed by atoms with Crippen LogP contribution in [0.1, 0.15) is 37.0 Å². The number of carbonyl (C=O) groups is 1. The molecule has 1 aliphatic carbocycles. The molecular formula is C14H18F2N2O. The standard InChI is InChI=1S/C14H18F2N2O/c1-3-4-17-13-10(15)6-9(7-11(13)16)14(19)18-12-5-8(12)2/h6-8,12,17H,3-5H2,1-2H3,(H,18,19). The molecule has 2 rings (SSSR count). The van der Waals surface area contributed by atoms with Crippen molar-refractivity contribution in [2.45, 2.75) is 32.7 Å². The van der Waals surface area contributed by atoms with Crippen molar-refractivity contribution in [2.75, 3.05) is 11.9 Å². The number of rotatable bonds is 5. The molecule has 1 aliphatic rings. The minimum atomic E-state index is -0.734. The highest BCUT2D eigenvalue weighted by Gasteiger charge is 2.34. The molecule has 0 aromatic heterocycles. The lowest BCUT2D eigenvalue weighted by atomic mass is 10.1. The summed E-state index contributed by atoms with van der Waals surface area (Å²) in [4.78, 5) is 11.8. The molecule has 2 atom stereocenters. The van der Waals surface area contributed by atoms with Crippen LogP contribution in [0.25, 0.3) is 0 Å². The molecule has 104 valence electrons. The van der Waals surface area contributed by atoms with Gasteiger partial charge in [-0.1, -0.05) is 13.8 Å². The summed E-state index contributed by atoms with van der Waals surface area (Å²) in [5, 5.41) is 5.42. The number of benzene rings is 1. The SMILES string of the molecule is CCCNc1c(F)cc(C(=O)NC2CC2C)cc1F. The zero-order valence-electron chi connectivity index (χ0n) is 11.1. The Labute approximate surface area is 111 Å². The predicted molar refractivity (Wildman–Crippen MR) is 70.2 cm³/mol. The molecule has 0 aliphatic heterocycles. The van der Waals surface area contributed by atoms with E-state index in [1.807, 2.05) is 13.8 Å². The van der Waals surface area contributed by atoms with E-state index < -0.39 is 17.5 Å². The first-order chi connectivity index (χ1) is 9.02. The molecule has 0 bridgehead atoms. The molecule has 0 heterocycles. The van der Waals surface area contributed by atoms with Gasteiger partial charge in [0, 0.05) is 18.2 Å². The third-order valence-corrected chi connectivity index (χ3v) is 3.28. The summed E-state index contributed by atoms with van der Waals surface area (Å²) < 4.78 is 27.5. The van der Waals surface area contributed by atoms with Gasteiger partial charge < -0.3 is 10.6 Å². The van der Waals surface area contributed by atoms with E-state index in [9.17, 15) is 13.6 Å². The van der Waals surface area contributed by atoms with Crippen molar-refractivity contribution in [1.82, 2.24) is 5.32 Å². The van der Waals surface area contributed by atoms with Crippen molar-refractivity contribution in [2.24, 2.45) is 5.92 Å². The Morgan fingerprint density at radius 2 is 1.95 bits per heavy atom. The van der Waals surface area contributed by atoms with Gasteiger partial charge in [0.2, 0.25) is 0 Å². The van der Waals surface area contributed by atoms with Gasteiger partial charge in [0.05, 0.1) is 0 Å². The smallest absolute Gasteiger partial charge is 0.251 e. The topological polar surface area (TPSA) is 41.1 Å². The fraction of sp³-hybridized carbons (Fsp3) is 0.500. The van der Waals surface area contributed by atoms with Crippen LogP contribution in [-0.4, -0.2) is 18.5 Å². The molecule has 2 N–H and O–H groups in total. The summed E-state index contributed by atoms with van der Waals surface area (Å²) in [6.07, 6.45) is 1.69. The van der Waals surface area contributed by atoms with Crippen LogP contribution in [0.15, 0.2) is 12.1 Å². The summed E-state index contributed by atoms with van der Waals surface area (Å²) in [5.41, 5.74) is -0.144. The number of anilines is 1. The lowest BCUT2D eigenvalue weighted by Crippen LogP contribution is -2.26. The largest absolute Gasteiger partial charge is 0.380 e. The normalized spacial score (nSPS) is 21.1. The van der Waals surface area contributed by atoms with E-state index in [2.05, 4.69) is 10.6 Å². The second-order valence-electron chi connectivity index (χ2n) is 5.03. The van der Waals surface area contributed by atoms with Crippen LogP contribution in [0.5, 0.6) is 0 Å². The first-order valence-electron chi connectivity index (χ1n) is 6.56. The van der Waals surface area contributed by atoms with E-state index in [0.717, 1.165) is 25.0 Å². The Hall–Kier alpha value is -1.65. The van der Waals surface area contributed by atoms with Crippen molar-refractivity contribution < 1.29 is 13.6 Å². The Morgan fingerprint density at radius 3 is 2.42 bits per heavy atom. The molecule has 0 saturated heterocycles. The molecule has 19 heavy (non-hydrogen) atoms. The maximum Gasteiger partial charge on any atom is 0.251 e. The van der Waals surface area contributed by atoms with Crippen LogP contribution >= 0.6 is 0 Å². The Morgan fingerprint density at radius 1 is 1.37 bits per heavy atom. The minimum absolute atomic E-state index is 0.0242. The van der Waals surface area contributed by atoms with E-state index in [0.29, 0.717) is 12.5 Å². The molecule has 1 fully saturated rings. The molecule has 5 heteroatoms. The lowest BCUT2D eigenvalue weighted by Gasteiger charge is -2.10. The number of hydrogen-bond donors (Lipinski definition) is 2. The van der Waals surface area contributed by atoms with Crippen molar-refractivity contribution in [3.05, 3.63) is 29.3 Å². The van der Waals surface area contributed by atoms with E-state index in [-0.39, 0.29) is 17.3 Å². The number of halogens is 2. The summed E-state index contributed by atoms with van der Waals surface area (Å²) in [7, 11) is 0. The number of carbonyl (C=O) groups excluding carboxylic acids is 1. The second-order valence-corrected chi connectivity index (χ2v) is 5.03. The summed E-state index contributed by atoms with van der Waals surface area (Å²) in [6, 6.07) is 2.28. The van der Waals surface area contributed by atoms with Crippen LogP contribution in [0.4, 0.5) is 14.5 Å². The Bertz CT molecular complexity index is 467. The van der Waals surface area contributed by atoms with Gasteiger partial charge in [-0.2, -0.15) is 0 Å². The van der Waals surface area contributed by atoms with Crippen LogP contribution in [0.3, 0.4) is 0 Å². The van der Waals surface area contributed by atoms with Gasteiger partial charge in [-0.3, -0.25) is 4.79 Å².